The highest BCUT2D eigenvalue weighted by atomic mass is 32.2. The van der Waals surface area contributed by atoms with Crippen LogP contribution in [0.1, 0.15) is 38.1 Å². The molecule has 2 heterocycles. The zero-order valence-corrected chi connectivity index (χ0v) is 12.6. The van der Waals surface area contributed by atoms with Crippen LogP contribution in [0.2, 0.25) is 0 Å². The number of hydrogen-bond acceptors (Lipinski definition) is 5. The Morgan fingerprint density at radius 1 is 1.23 bits per heavy atom. The van der Waals surface area contributed by atoms with Gasteiger partial charge in [-0.2, -0.15) is 4.98 Å². The lowest BCUT2D eigenvalue weighted by Gasteiger charge is -2.21. The van der Waals surface area contributed by atoms with E-state index < -0.39 is 15.8 Å². The number of nitrogens with zero attached hydrogens (tertiary/aromatic N) is 4. The van der Waals surface area contributed by atoms with Crippen LogP contribution in [-0.4, -0.2) is 28.2 Å². The van der Waals surface area contributed by atoms with Gasteiger partial charge in [-0.1, -0.05) is 19.3 Å². The predicted molar refractivity (Wildman–Crippen MR) is 77.1 cm³/mol. The number of rotatable bonds is 4. The number of hydrogen-bond donors (Lipinski definition) is 1. The van der Waals surface area contributed by atoms with Crippen LogP contribution in [0.25, 0.3) is 0 Å². The summed E-state index contributed by atoms with van der Waals surface area (Å²) in [6.07, 6.45) is 9.07. The van der Waals surface area contributed by atoms with Gasteiger partial charge in [-0.3, -0.25) is 4.98 Å². The summed E-state index contributed by atoms with van der Waals surface area (Å²) in [6.45, 7) is 0. The summed E-state index contributed by atoms with van der Waals surface area (Å²) in [4.78, 5) is 7.24. The van der Waals surface area contributed by atoms with Crippen molar-refractivity contribution >= 4 is 16.0 Å². The molecule has 1 aliphatic rings. The minimum Gasteiger partial charge on any atom is -0.260 e. The maximum absolute atomic E-state index is 13.1. The second-order valence-corrected chi connectivity index (χ2v) is 6.97. The van der Waals surface area contributed by atoms with Gasteiger partial charge in [-0.15, -0.1) is 5.10 Å². The van der Waals surface area contributed by atoms with E-state index in [2.05, 4.69) is 19.8 Å². The number of anilines is 1. The highest BCUT2D eigenvalue weighted by molar-refractivity contribution is 7.92. The van der Waals surface area contributed by atoms with Crippen LogP contribution >= 0.6 is 0 Å². The van der Waals surface area contributed by atoms with E-state index in [-0.39, 0.29) is 16.9 Å². The molecular weight excluding hydrogens is 309 g/mol. The van der Waals surface area contributed by atoms with Crippen molar-refractivity contribution in [2.24, 2.45) is 0 Å². The zero-order chi connectivity index (χ0) is 15.6. The summed E-state index contributed by atoms with van der Waals surface area (Å²) in [7, 11) is -3.94. The van der Waals surface area contributed by atoms with E-state index in [9.17, 15) is 12.8 Å². The molecule has 9 heteroatoms. The predicted octanol–water partition coefficient (Wildman–Crippen LogP) is 2.12. The first-order valence-corrected chi connectivity index (χ1v) is 8.57. The SMILES string of the molecule is O=S(=O)(Nc1ncn(C2CCCCC2)n1)c1cncc(F)c1. The van der Waals surface area contributed by atoms with Gasteiger partial charge in [0.1, 0.15) is 17.0 Å². The van der Waals surface area contributed by atoms with Gasteiger partial charge >= 0.3 is 0 Å². The maximum atomic E-state index is 13.1. The van der Waals surface area contributed by atoms with Gasteiger partial charge in [-0.05, 0) is 18.9 Å². The molecule has 2 aromatic rings. The highest BCUT2D eigenvalue weighted by Crippen LogP contribution is 2.27. The number of sulfonamides is 1. The van der Waals surface area contributed by atoms with Crippen molar-refractivity contribution in [1.29, 1.82) is 0 Å². The summed E-state index contributed by atoms with van der Waals surface area (Å²) < 4.78 is 41.3. The van der Waals surface area contributed by atoms with Crippen LogP contribution < -0.4 is 4.72 Å². The molecule has 0 aromatic carbocycles. The second-order valence-electron chi connectivity index (χ2n) is 5.28. The fraction of sp³-hybridized carbons (Fsp3) is 0.462. The van der Waals surface area contributed by atoms with Crippen LogP contribution in [0, 0.1) is 5.82 Å². The molecule has 0 amide bonds. The van der Waals surface area contributed by atoms with Crippen molar-refractivity contribution in [3.05, 3.63) is 30.6 Å². The van der Waals surface area contributed by atoms with Crippen LogP contribution in [0.4, 0.5) is 10.3 Å². The van der Waals surface area contributed by atoms with Crippen molar-refractivity contribution in [3.63, 3.8) is 0 Å². The molecule has 22 heavy (non-hydrogen) atoms. The third-order valence-electron chi connectivity index (χ3n) is 3.67. The van der Waals surface area contributed by atoms with Crippen LogP contribution in [-0.2, 0) is 10.0 Å². The normalized spacial score (nSPS) is 16.6. The smallest absolute Gasteiger partial charge is 0.260 e. The van der Waals surface area contributed by atoms with Crippen molar-refractivity contribution in [1.82, 2.24) is 19.7 Å². The van der Waals surface area contributed by atoms with Crippen molar-refractivity contribution < 1.29 is 12.8 Å². The Morgan fingerprint density at radius 2 is 2.00 bits per heavy atom. The van der Waals surface area contributed by atoms with E-state index in [0.29, 0.717) is 0 Å². The summed E-state index contributed by atoms with van der Waals surface area (Å²) in [6, 6.07) is 1.16. The Morgan fingerprint density at radius 3 is 2.73 bits per heavy atom. The van der Waals surface area contributed by atoms with Gasteiger partial charge in [0.05, 0.1) is 12.2 Å². The Hall–Kier alpha value is -2.03. The number of halogens is 1. The van der Waals surface area contributed by atoms with Crippen LogP contribution in [0.3, 0.4) is 0 Å². The summed E-state index contributed by atoms with van der Waals surface area (Å²) >= 11 is 0. The molecule has 0 bridgehead atoms. The van der Waals surface area contributed by atoms with Crippen LogP contribution in [0.5, 0.6) is 0 Å². The van der Waals surface area contributed by atoms with Gasteiger partial charge in [0.2, 0.25) is 0 Å². The molecule has 0 atom stereocenters. The largest absolute Gasteiger partial charge is 0.265 e. The third kappa shape index (κ3) is 3.24. The molecule has 1 aliphatic carbocycles. The third-order valence-corrected chi connectivity index (χ3v) is 4.97. The molecule has 1 N–H and O–H groups in total. The number of aromatic nitrogens is 4. The molecule has 0 spiro atoms. The lowest BCUT2D eigenvalue weighted by Crippen LogP contribution is -2.16. The first-order valence-electron chi connectivity index (χ1n) is 7.09. The number of pyridine rings is 1. The molecule has 118 valence electrons. The van der Waals surface area contributed by atoms with Crippen molar-refractivity contribution in [3.8, 4) is 0 Å². The minimum atomic E-state index is -3.94. The van der Waals surface area contributed by atoms with E-state index in [1.165, 1.54) is 12.7 Å². The first kappa shape index (κ1) is 14.9. The number of nitrogens with one attached hydrogen (secondary N) is 1. The lowest BCUT2D eigenvalue weighted by atomic mass is 9.96. The van der Waals surface area contributed by atoms with E-state index in [1.807, 2.05) is 0 Å². The Kier molecular flexibility index (Phi) is 4.06. The Balaban J connectivity index is 1.76. The average molecular weight is 325 g/mol. The minimum absolute atomic E-state index is 0.0187. The van der Waals surface area contributed by atoms with E-state index in [4.69, 9.17) is 0 Å². The molecule has 0 unspecified atom stereocenters. The molecule has 1 fully saturated rings. The first-order chi connectivity index (χ1) is 10.5. The average Bonchev–Trinajstić information content (AvgIpc) is 2.96. The molecular formula is C13H16FN5O2S. The van der Waals surface area contributed by atoms with Crippen LogP contribution in [0.15, 0.2) is 29.7 Å². The molecule has 0 saturated heterocycles. The summed E-state index contributed by atoms with van der Waals surface area (Å²) in [5.74, 6) is -0.738. The fourth-order valence-corrected chi connectivity index (χ4v) is 3.48. The quantitative estimate of drug-likeness (QED) is 0.930. The van der Waals surface area contributed by atoms with Crippen molar-refractivity contribution in [2.75, 3.05) is 4.72 Å². The van der Waals surface area contributed by atoms with Crippen molar-refractivity contribution in [2.45, 2.75) is 43.0 Å². The molecule has 3 rings (SSSR count). The Bertz CT molecular complexity index is 755. The lowest BCUT2D eigenvalue weighted by molar-refractivity contribution is 0.329. The van der Waals surface area contributed by atoms with Gasteiger partial charge in [0.25, 0.3) is 16.0 Å². The van der Waals surface area contributed by atoms with E-state index in [0.717, 1.165) is 44.1 Å². The fourth-order valence-electron chi connectivity index (χ4n) is 2.56. The molecule has 7 nitrogen and oxygen atoms in total. The summed E-state index contributed by atoms with van der Waals surface area (Å²) in [5, 5.41) is 4.17. The van der Waals surface area contributed by atoms with E-state index in [1.54, 1.807) is 4.68 Å². The van der Waals surface area contributed by atoms with E-state index >= 15 is 0 Å². The standard InChI is InChI=1S/C13H16FN5O2S/c14-10-6-12(8-15-7-10)22(20,21)18-13-16-9-19(17-13)11-4-2-1-3-5-11/h6-9,11H,1-5H2,(H,17,18). The zero-order valence-electron chi connectivity index (χ0n) is 11.8. The van der Waals surface area contributed by atoms with Gasteiger partial charge in [0, 0.05) is 6.20 Å². The van der Waals surface area contributed by atoms with Gasteiger partial charge in [0.15, 0.2) is 0 Å². The molecule has 2 aromatic heterocycles. The Labute approximate surface area is 127 Å². The van der Waals surface area contributed by atoms with Gasteiger partial charge in [-0.25, -0.2) is 22.2 Å². The van der Waals surface area contributed by atoms with Gasteiger partial charge < -0.3 is 0 Å². The summed E-state index contributed by atoms with van der Waals surface area (Å²) in [5.41, 5.74) is 0. The maximum Gasteiger partial charge on any atom is 0.265 e. The second kappa shape index (κ2) is 5.99. The highest BCUT2D eigenvalue weighted by Gasteiger charge is 2.20. The monoisotopic (exact) mass is 325 g/mol. The molecule has 0 radical (unpaired) electrons. The molecule has 0 aliphatic heterocycles. The topological polar surface area (TPSA) is 89.8 Å². The molecule has 1 saturated carbocycles.